The van der Waals surface area contributed by atoms with Gasteiger partial charge in [-0.2, -0.15) is 0 Å². The molecule has 1 amide bonds. The summed E-state index contributed by atoms with van der Waals surface area (Å²) in [5, 5.41) is 0.689. The van der Waals surface area contributed by atoms with Gasteiger partial charge in [-0.15, -0.1) is 0 Å². The molecule has 6 nitrogen and oxygen atoms in total. The van der Waals surface area contributed by atoms with E-state index in [1.165, 1.54) is 16.9 Å². The molecule has 0 N–H and O–H groups in total. The van der Waals surface area contributed by atoms with Crippen LogP contribution in [0.1, 0.15) is 25.3 Å². The van der Waals surface area contributed by atoms with Crippen molar-refractivity contribution < 1.29 is 19.0 Å². The minimum absolute atomic E-state index is 0.0170. The van der Waals surface area contributed by atoms with Gasteiger partial charge in [0, 0.05) is 6.61 Å². The molecule has 2 aliphatic rings. The SMILES string of the molecule is CCc1cccc2sc(N(CC3CCCO3)C(=O)C3COc4ccccc4O3)nc12. The van der Waals surface area contributed by atoms with Crippen LogP contribution in [0.5, 0.6) is 11.5 Å². The summed E-state index contributed by atoms with van der Waals surface area (Å²) in [6, 6.07) is 13.6. The summed E-state index contributed by atoms with van der Waals surface area (Å²) in [4.78, 5) is 20.2. The number of hydrogen-bond acceptors (Lipinski definition) is 6. The van der Waals surface area contributed by atoms with Crippen LogP contribution in [-0.4, -0.2) is 42.9 Å². The Bertz CT molecular complexity index is 1060. The lowest BCUT2D eigenvalue weighted by molar-refractivity contribution is -0.128. The Morgan fingerprint density at radius 2 is 2.07 bits per heavy atom. The number of aromatic nitrogens is 1. The van der Waals surface area contributed by atoms with Gasteiger partial charge in [0.2, 0.25) is 6.10 Å². The lowest BCUT2D eigenvalue weighted by Crippen LogP contribution is -2.48. The van der Waals surface area contributed by atoms with Crippen molar-refractivity contribution in [3.63, 3.8) is 0 Å². The summed E-state index contributed by atoms with van der Waals surface area (Å²) in [7, 11) is 0. The highest BCUT2D eigenvalue weighted by Crippen LogP contribution is 2.35. The number of fused-ring (bicyclic) bond motifs is 2. The van der Waals surface area contributed by atoms with Gasteiger partial charge in [0.25, 0.3) is 5.91 Å². The maximum atomic E-state index is 13.6. The number of benzene rings is 2. The molecule has 2 aliphatic heterocycles. The first-order valence-corrected chi connectivity index (χ1v) is 11.2. The fourth-order valence-electron chi connectivity index (χ4n) is 3.96. The zero-order chi connectivity index (χ0) is 20.5. The largest absolute Gasteiger partial charge is 0.485 e. The van der Waals surface area contributed by atoms with Crippen LogP contribution in [-0.2, 0) is 16.0 Å². The van der Waals surface area contributed by atoms with E-state index in [2.05, 4.69) is 19.1 Å². The number of carbonyl (C=O) groups is 1. The molecule has 0 bridgehead atoms. The first-order chi connectivity index (χ1) is 14.7. The van der Waals surface area contributed by atoms with Gasteiger partial charge in [-0.3, -0.25) is 9.69 Å². The monoisotopic (exact) mass is 424 g/mol. The van der Waals surface area contributed by atoms with Gasteiger partial charge in [0.1, 0.15) is 6.61 Å². The first-order valence-electron chi connectivity index (χ1n) is 10.4. The molecule has 0 aliphatic carbocycles. The lowest BCUT2D eigenvalue weighted by Gasteiger charge is -2.30. The molecule has 30 heavy (non-hydrogen) atoms. The number of carbonyl (C=O) groups excluding carboxylic acids is 1. The molecule has 156 valence electrons. The molecule has 1 aromatic heterocycles. The third-order valence-electron chi connectivity index (χ3n) is 5.56. The highest BCUT2D eigenvalue weighted by atomic mass is 32.1. The minimum atomic E-state index is -0.709. The van der Waals surface area contributed by atoms with Gasteiger partial charge in [-0.05, 0) is 43.0 Å². The molecule has 2 atom stereocenters. The number of nitrogens with zero attached hydrogens (tertiary/aromatic N) is 2. The fourth-order valence-corrected chi connectivity index (χ4v) is 4.99. The Morgan fingerprint density at radius 1 is 1.20 bits per heavy atom. The van der Waals surface area contributed by atoms with E-state index >= 15 is 0 Å². The van der Waals surface area contributed by atoms with Crippen LogP contribution in [0.4, 0.5) is 5.13 Å². The number of rotatable bonds is 5. The van der Waals surface area contributed by atoms with Crippen LogP contribution in [0.15, 0.2) is 42.5 Å². The number of aryl methyl sites for hydroxylation is 1. The summed E-state index contributed by atoms with van der Waals surface area (Å²) in [6.45, 7) is 3.52. The third-order valence-corrected chi connectivity index (χ3v) is 6.61. The quantitative estimate of drug-likeness (QED) is 0.614. The molecule has 2 unspecified atom stereocenters. The zero-order valence-corrected chi connectivity index (χ0v) is 17.7. The lowest BCUT2D eigenvalue weighted by atomic mass is 10.1. The van der Waals surface area contributed by atoms with Gasteiger partial charge >= 0.3 is 0 Å². The predicted molar refractivity (Wildman–Crippen MR) is 117 cm³/mol. The van der Waals surface area contributed by atoms with Crippen LogP contribution < -0.4 is 14.4 Å². The zero-order valence-electron chi connectivity index (χ0n) is 16.9. The minimum Gasteiger partial charge on any atom is -0.485 e. The van der Waals surface area contributed by atoms with E-state index in [1.807, 2.05) is 30.3 Å². The fraction of sp³-hybridized carbons (Fsp3) is 0.391. The highest BCUT2D eigenvalue weighted by molar-refractivity contribution is 7.22. The molecule has 0 spiro atoms. The second-order valence-corrected chi connectivity index (χ2v) is 8.57. The molecule has 0 radical (unpaired) electrons. The standard InChI is InChI=1S/C23H24N2O4S/c1-2-15-7-5-11-20-21(15)24-23(30-20)25(13-16-8-6-12-27-16)22(26)19-14-28-17-9-3-4-10-18(17)29-19/h3-5,7,9-11,16,19H,2,6,8,12-14H2,1H3. The predicted octanol–water partition coefficient (Wildman–Crippen LogP) is 4.21. The first kappa shape index (κ1) is 19.3. The van der Waals surface area contributed by atoms with Gasteiger partial charge in [-0.1, -0.05) is 42.5 Å². The smallest absolute Gasteiger partial charge is 0.273 e. The number of hydrogen-bond donors (Lipinski definition) is 0. The number of thiazole rings is 1. The summed E-state index contributed by atoms with van der Waals surface area (Å²) in [5.74, 6) is 1.12. The molecule has 3 aromatic rings. The molecular formula is C23H24N2O4S. The Labute approximate surface area is 179 Å². The topological polar surface area (TPSA) is 60.9 Å². The van der Waals surface area contributed by atoms with Crippen molar-refractivity contribution in [2.75, 3.05) is 24.7 Å². The van der Waals surface area contributed by atoms with Crippen LogP contribution >= 0.6 is 11.3 Å². The van der Waals surface area contributed by atoms with Gasteiger partial charge in [0.15, 0.2) is 16.6 Å². The van der Waals surface area contributed by atoms with Crippen LogP contribution in [0.25, 0.3) is 10.2 Å². The molecular weight excluding hydrogens is 400 g/mol. The average Bonchev–Trinajstić information content (AvgIpc) is 3.46. The van der Waals surface area contributed by atoms with E-state index in [1.54, 1.807) is 4.90 Å². The van der Waals surface area contributed by atoms with E-state index < -0.39 is 6.10 Å². The number of ether oxygens (including phenoxy) is 3. The summed E-state index contributed by atoms with van der Waals surface area (Å²) < 4.78 is 18.7. The number of para-hydroxylation sites is 3. The van der Waals surface area contributed by atoms with Crippen molar-refractivity contribution in [1.29, 1.82) is 0 Å². The van der Waals surface area contributed by atoms with Crippen LogP contribution in [0.3, 0.4) is 0 Å². The van der Waals surface area contributed by atoms with Gasteiger partial charge < -0.3 is 14.2 Å². The number of anilines is 1. The summed E-state index contributed by atoms with van der Waals surface area (Å²) in [6.07, 6.45) is 2.17. The maximum absolute atomic E-state index is 13.6. The van der Waals surface area contributed by atoms with E-state index in [-0.39, 0.29) is 18.6 Å². The van der Waals surface area contributed by atoms with Crippen molar-refractivity contribution in [3.8, 4) is 11.5 Å². The molecule has 1 fully saturated rings. The second kappa shape index (κ2) is 8.24. The van der Waals surface area contributed by atoms with Crippen molar-refractivity contribution in [2.24, 2.45) is 0 Å². The summed E-state index contributed by atoms with van der Waals surface area (Å²) in [5.41, 5.74) is 2.15. The Balaban J connectivity index is 1.47. The molecule has 5 rings (SSSR count). The van der Waals surface area contributed by atoms with Crippen LogP contribution in [0, 0.1) is 0 Å². The third kappa shape index (κ3) is 3.63. The second-order valence-electron chi connectivity index (χ2n) is 7.56. The normalized spacial score (nSPS) is 20.4. The van der Waals surface area contributed by atoms with Crippen molar-refractivity contribution in [3.05, 3.63) is 48.0 Å². The molecule has 7 heteroatoms. The highest BCUT2D eigenvalue weighted by Gasteiger charge is 2.35. The van der Waals surface area contributed by atoms with E-state index in [0.29, 0.717) is 23.2 Å². The molecule has 2 aromatic carbocycles. The van der Waals surface area contributed by atoms with E-state index in [9.17, 15) is 4.79 Å². The summed E-state index contributed by atoms with van der Waals surface area (Å²) >= 11 is 1.54. The van der Waals surface area contributed by atoms with Crippen molar-refractivity contribution in [1.82, 2.24) is 4.98 Å². The van der Waals surface area contributed by atoms with Crippen molar-refractivity contribution >= 4 is 32.6 Å². The van der Waals surface area contributed by atoms with Gasteiger partial charge in [0.05, 0.1) is 22.9 Å². The molecule has 3 heterocycles. The van der Waals surface area contributed by atoms with E-state index in [0.717, 1.165) is 36.1 Å². The average molecular weight is 425 g/mol. The Hall–Kier alpha value is -2.64. The molecule has 0 saturated carbocycles. The maximum Gasteiger partial charge on any atom is 0.273 e. The molecule has 1 saturated heterocycles. The number of amides is 1. The van der Waals surface area contributed by atoms with Crippen LogP contribution in [0.2, 0.25) is 0 Å². The van der Waals surface area contributed by atoms with Gasteiger partial charge in [-0.25, -0.2) is 4.98 Å². The Morgan fingerprint density at radius 3 is 2.87 bits per heavy atom. The van der Waals surface area contributed by atoms with E-state index in [4.69, 9.17) is 19.2 Å². The Kier molecular flexibility index (Phi) is 5.31. The van der Waals surface area contributed by atoms with Crippen molar-refractivity contribution in [2.45, 2.75) is 38.4 Å².